The maximum absolute atomic E-state index is 7.00. The van der Waals surface area contributed by atoms with Gasteiger partial charge in [0.25, 0.3) is 0 Å². The normalized spacial score (nSPS) is 7.65. The molecule has 0 spiro atoms. The van der Waals surface area contributed by atoms with E-state index in [1.54, 1.807) is 0 Å². The molecule has 81 valence electrons. The molecule has 0 aliphatic heterocycles. The molecule has 4 heteroatoms. The number of rotatable bonds is 2. The Hall–Kier alpha value is 0.673. The third kappa shape index (κ3) is 8.40. The molecular weight excluding hydrogens is 361 g/mol. The molecule has 0 atom stereocenters. The van der Waals surface area contributed by atoms with Gasteiger partial charge in [0.2, 0.25) is 0 Å². The molecule has 1 nitrogen and oxygen atoms in total. The van der Waals surface area contributed by atoms with E-state index in [1.165, 1.54) is 10.9 Å². The van der Waals surface area contributed by atoms with Crippen LogP contribution in [0, 0.1) is 0 Å². The predicted octanol–water partition coefficient (Wildman–Crippen LogP) is 0.945. The van der Waals surface area contributed by atoms with Crippen molar-refractivity contribution in [1.82, 2.24) is 0 Å². The molecular formula is C13H14BOY2. The second kappa shape index (κ2) is 13.1. The zero-order valence-corrected chi connectivity index (χ0v) is 15.6. The van der Waals surface area contributed by atoms with Crippen LogP contribution in [-0.4, -0.2) is 19.5 Å². The van der Waals surface area contributed by atoms with Crippen molar-refractivity contribution >= 4 is 18.2 Å². The second-order valence-corrected chi connectivity index (χ2v) is 2.97. The summed E-state index contributed by atoms with van der Waals surface area (Å²) in [5, 5.41) is 7.00. The molecule has 17 heavy (non-hydrogen) atoms. The van der Waals surface area contributed by atoms with Crippen LogP contribution in [-0.2, 0) is 65.4 Å². The summed E-state index contributed by atoms with van der Waals surface area (Å²) < 4.78 is 0. The van der Waals surface area contributed by atoms with Gasteiger partial charge in [0, 0.05) is 72.5 Å². The van der Waals surface area contributed by atoms with Crippen molar-refractivity contribution < 1.29 is 70.5 Å². The first-order valence-electron chi connectivity index (χ1n) is 4.85. The van der Waals surface area contributed by atoms with Crippen LogP contribution < -0.4 is 10.9 Å². The van der Waals surface area contributed by atoms with Crippen molar-refractivity contribution in [3.05, 3.63) is 60.7 Å². The maximum atomic E-state index is 7.00. The van der Waals surface area contributed by atoms with Crippen LogP contribution in [0.25, 0.3) is 0 Å². The molecule has 0 aromatic heterocycles. The third-order valence-electron chi connectivity index (χ3n) is 1.93. The minimum Gasteiger partial charge on any atom is -0.400 e. The number of hydrogen-bond donors (Lipinski definition) is 1. The fraction of sp³-hybridized carbons (Fsp3) is 0.0769. The van der Waals surface area contributed by atoms with Crippen molar-refractivity contribution in [2.24, 2.45) is 0 Å². The Labute approximate surface area is 154 Å². The van der Waals surface area contributed by atoms with E-state index < -0.39 is 0 Å². The van der Waals surface area contributed by atoms with Gasteiger partial charge >= 0.3 is 0 Å². The topological polar surface area (TPSA) is 20.2 Å². The van der Waals surface area contributed by atoms with Crippen LogP contribution in [0.3, 0.4) is 0 Å². The number of aliphatic hydroxyl groups excluding tert-OH is 1. The number of aliphatic hydroxyl groups is 1. The zero-order chi connectivity index (χ0) is 10.9. The number of hydrogen-bond acceptors (Lipinski definition) is 1. The van der Waals surface area contributed by atoms with Gasteiger partial charge in [0.15, 0.2) is 7.28 Å². The molecule has 0 fully saturated rings. The molecule has 2 aromatic carbocycles. The van der Waals surface area contributed by atoms with E-state index in [0.29, 0.717) is 0 Å². The molecule has 3 radical (unpaired) electrons. The van der Waals surface area contributed by atoms with Gasteiger partial charge in [-0.05, 0) is 0 Å². The summed E-state index contributed by atoms with van der Waals surface area (Å²) in [6, 6.07) is 20.7. The molecule has 0 bridgehead atoms. The van der Waals surface area contributed by atoms with Crippen molar-refractivity contribution in [3.63, 3.8) is 0 Å². The summed E-state index contributed by atoms with van der Waals surface area (Å²) in [4.78, 5) is 0. The van der Waals surface area contributed by atoms with Crippen LogP contribution in [0.4, 0.5) is 0 Å². The third-order valence-corrected chi connectivity index (χ3v) is 1.93. The minimum atomic E-state index is 0. The van der Waals surface area contributed by atoms with E-state index in [2.05, 4.69) is 55.8 Å². The molecule has 0 amide bonds. The maximum Gasteiger partial charge on any atom is 0.191 e. The largest absolute Gasteiger partial charge is 0.400 e. The Morgan fingerprint density at radius 1 is 0.647 bits per heavy atom. The van der Waals surface area contributed by atoms with Gasteiger partial charge in [0.05, 0.1) is 0 Å². The predicted molar refractivity (Wildman–Crippen MR) is 66.0 cm³/mol. The summed E-state index contributed by atoms with van der Waals surface area (Å²) in [5.74, 6) is 0. The van der Waals surface area contributed by atoms with Gasteiger partial charge in [0.1, 0.15) is 0 Å². The summed E-state index contributed by atoms with van der Waals surface area (Å²) in [6.45, 7) is 0. The van der Waals surface area contributed by atoms with Gasteiger partial charge in [-0.1, -0.05) is 71.6 Å². The molecule has 2 rings (SSSR count). The van der Waals surface area contributed by atoms with E-state index in [9.17, 15) is 0 Å². The Kier molecular flexibility index (Phi) is 15.4. The monoisotopic (exact) mass is 375 g/mol. The van der Waals surface area contributed by atoms with Crippen molar-refractivity contribution in [2.45, 2.75) is 0 Å². The van der Waals surface area contributed by atoms with Crippen LogP contribution in [0.1, 0.15) is 0 Å². The summed E-state index contributed by atoms with van der Waals surface area (Å²) >= 11 is 0. The fourth-order valence-corrected chi connectivity index (χ4v) is 1.29. The minimum absolute atomic E-state index is 0. The van der Waals surface area contributed by atoms with E-state index in [1.807, 2.05) is 12.1 Å². The van der Waals surface area contributed by atoms with Gasteiger partial charge < -0.3 is 5.11 Å². The molecule has 0 saturated heterocycles. The average molecular weight is 375 g/mol. The van der Waals surface area contributed by atoms with Crippen LogP contribution in [0.5, 0.6) is 0 Å². The van der Waals surface area contributed by atoms with Gasteiger partial charge in [-0.3, -0.25) is 0 Å². The summed E-state index contributed by atoms with van der Waals surface area (Å²) in [5.41, 5.74) is 2.49. The Morgan fingerprint density at radius 3 is 1.24 bits per heavy atom. The molecule has 2 aromatic rings. The number of benzene rings is 2. The smallest absolute Gasteiger partial charge is 0.191 e. The molecule has 0 aliphatic rings. The van der Waals surface area contributed by atoms with Crippen LogP contribution in [0.2, 0.25) is 0 Å². The van der Waals surface area contributed by atoms with Crippen LogP contribution in [0.15, 0.2) is 60.7 Å². The standard InChI is InChI=1S/C12H10B.CH4O.2Y/c1-3-7-11(8-4-1)13-12-9-5-2-6-10-12;1-2;;/h1-10H;2H,1H3;;. The van der Waals surface area contributed by atoms with E-state index >= 15 is 0 Å². The average Bonchev–Trinajstić information content (AvgIpc) is 2.34. The summed E-state index contributed by atoms with van der Waals surface area (Å²) in [7, 11) is 3.17. The Bertz CT molecular complexity index is 330. The first-order valence-corrected chi connectivity index (χ1v) is 4.85. The van der Waals surface area contributed by atoms with E-state index in [-0.39, 0.29) is 65.4 Å². The fourth-order valence-electron chi connectivity index (χ4n) is 1.29. The van der Waals surface area contributed by atoms with Gasteiger partial charge in [-0.15, -0.1) is 0 Å². The van der Waals surface area contributed by atoms with Crippen molar-refractivity contribution in [2.75, 3.05) is 7.11 Å². The van der Waals surface area contributed by atoms with Crippen molar-refractivity contribution in [1.29, 1.82) is 0 Å². The molecule has 0 unspecified atom stereocenters. The van der Waals surface area contributed by atoms with E-state index in [0.717, 1.165) is 7.11 Å². The Morgan fingerprint density at radius 2 is 0.941 bits per heavy atom. The van der Waals surface area contributed by atoms with Crippen molar-refractivity contribution in [3.8, 4) is 0 Å². The first kappa shape index (κ1) is 20.0. The van der Waals surface area contributed by atoms with E-state index in [4.69, 9.17) is 5.11 Å². The van der Waals surface area contributed by atoms with Crippen LogP contribution >= 0.6 is 0 Å². The quantitative estimate of drug-likeness (QED) is 0.776. The molecule has 1 N–H and O–H groups in total. The van der Waals surface area contributed by atoms with Gasteiger partial charge in [-0.2, -0.15) is 0 Å². The zero-order valence-electron chi connectivity index (χ0n) is 9.95. The SMILES string of the molecule is CO.[B](c1ccccc1)c1ccccc1.[Y].[Y]. The second-order valence-electron chi connectivity index (χ2n) is 2.97. The molecule has 0 aliphatic carbocycles. The summed E-state index contributed by atoms with van der Waals surface area (Å²) in [6.07, 6.45) is 0. The first-order chi connectivity index (χ1) is 7.45. The Balaban J connectivity index is 0. The van der Waals surface area contributed by atoms with Gasteiger partial charge in [-0.25, -0.2) is 0 Å². The molecule has 0 heterocycles. The molecule has 0 saturated carbocycles.